The zero-order valence-corrected chi connectivity index (χ0v) is 8.66. The molecule has 1 heterocycles. The number of nitrogens with zero attached hydrogens (tertiary/aromatic N) is 1. The van der Waals surface area contributed by atoms with E-state index in [0.29, 0.717) is 24.8 Å². The maximum Gasteiger partial charge on any atom is 0.223 e. The van der Waals surface area contributed by atoms with Gasteiger partial charge in [-0.1, -0.05) is 13.8 Å². The van der Waals surface area contributed by atoms with E-state index in [1.165, 1.54) is 0 Å². The molecule has 1 N–H and O–H groups in total. The van der Waals surface area contributed by atoms with Gasteiger partial charge in [-0.2, -0.15) is 0 Å². The summed E-state index contributed by atoms with van der Waals surface area (Å²) < 4.78 is 0. The summed E-state index contributed by atoms with van der Waals surface area (Å²) >= 11 is 0. The second kappa shape index (κ2) is 4.09. The summed E-state index contributed by atoms with van der Waals surface area (Å²) in [6.07, 6.45) is 0.250. The molecule has 0 bridgehead atoms. The molecule has 3 nitrogen and oxygen atoms in total. The van der Waals surface area contributed by atoms with Gasteiger partial charge < -0.3 is 10.0 Å². The molecular weight excluding hydrogens is 166 g/mol. The smallest absolute Gasteiger partial charge is 0.223 e. The van der Waals surface area contributed by atoms with Gasteiger partial charge >= 0.3 is 0 Å². The molecule has 1 amide bonds. The van der Waals surface area contributed by atoms with Gasteiger partial charge in [0.2, 0.25) is 5.91 Å². The summed E-state index contributed by atoms with van der Waals surface area (Å²) in [5, 5.41) is 9.16. The predicted octanol–water partition coefficient (Wildman–Crippen LogP) is 0.872. The fourth-order valence-corrected chi connectivity index (χ4v) is 1.74. The van der Waals surface area contributed by atoms with E-state index in [9.17, 15) is 4.79 Å². The maximum absolute atomic E-state index is 11.4. The SMILES string of the molecule is CC(C)C1CC(=O)N(C[C@@H](C)O)C1. The molecule has 2 atom stereocenters. The van der Waals surface area contributed by atoms with Crippen LogP contribution in [0, 0.1) is 11.8 Å². The van der Waals surface area contributed by atoms with E-state index in [0.717, 1.165) is 6.54 Å². The molecule has 0 aromatic carbocycles. The van der Waals surface area contributed by atoms with Crippen molar-refractivity contribution < 1.29 is 9.90 Å². The van der Waals surface area contributed by atoms with Gasteiger partial charge in [0, 0.05) is 19.5 Å². The van der Waals surface area contributed by atoms with Crippen LogP contribution in [0.2, 0.25) is 0 Å². The van der Waals surface area contributed by atoms with Crippen LogP contribution < -0.4 is 0 Å². The van der Waals surface area contributed by atoms with Gasteiger partial charge in [-0.15, -0.1) is 0 Å². The Morgan fingerprint density at radius 2 is 2.15 bits per heavy atom. The van der Waals surface area contributed by atoms with Crippen molar-refractivity contribution in [1.82, 2.24) is 4.90 Å². The fraction of sp³-hybridized carbons (Fsp3) is 0.900. The molecule has 76 valence electrons. The van der Waals surface area contributed by atoms with Crippen LogP contribution in [0.1, 0.15) is 27.2 Å². The molecule has 0 saturated carbocycles. The van der Waals surface area contributed by atoms with Crippen molar-refractivity contribution >= 4 is 5.91 Å². The number of aliphatic hydroxyl groups excluding tert-OH is 1. The lowest BCUT2D eigenvalue weighted by Gasteiger charge is -2.19. The Morgan fingerprint density at radius 1 is 1.54 bits per heavy atom. The Balaban J connectivity index is 2.47. The number of carbonyl (C=O) groups excluding carboxylic acids is 1. The van der Waals surface area contributed by atoms with E-state index in [4.69, 9.17) is 5.11 Å². The minimum atomic E-state index is -0.408. The largest absolute Gasteiger partial charge is 0.392 e. The number of likely N-dealkylation sites (tertiary alicyclic amines) is 1. The number of amides is 1. The Kier molecular flexibility index (Phi) is 3.31. The molecule has 1 unspecified atom stereocenters. The zero-order valence-electron chi connectivity index (χ0n) is 8.66. The molecule has 13 heavy (non-hydrogen) atoms. The third-order valence-electron chi connectivity index (χ3n) is 2.67. The highest BCUT2D eigenvalue weighted by Crippen LogP contribution is 2.24. The van der Waals surface area contributed by atoms with E-state index >= 15 is 0 Å². The van der Waals surface area contributed by atoms with Crippen LogP contribution >= 0.6 is 0 Å². The van der Waals surface area contributed by atoms with Gasteiger partial charge in [0.15, 0.2) is 0 Å². The number of hydrogen-bond acceptors (Lipinski definition) is 2. The lowest BCUT2D eigenvalue weighted by Crippen LogP contribution is -2.32. The van der Waals surface area contributed by atoms with E-state index in [2.05, 4.69) is 13.8 Å². The summed E-state index contributed by atoms with van der Waals surface area (Å²) in [6.45, 7) is 7.31. The maximum atomic E-state index is 11.4. The monoisotopic (exact) mass is 185 g/mol. The number of carbonyl (C=O) groups is 1. The van der Waals surface area contributed by atoms with Gasteiger partial charge in [0.25, 0.3) is 0 Å². The fourth-order valence-electron chi connectivity index (χ4n) is 1.74. The Bertz CT molecular complexity index is 189. The number of rotatable bonds is 3. The van der Waals surface area contributed by atoms with Crippen LogP contribution in [-0.2, 0) is 4.79 Å². The highest BCUT2D eigenvalue weighted by atomic mass is 16.3. The van der Waals surface area contributed by atoms with Crippen molar-refractivity contribution in [2.24, 2.45) is 11.8 Å². The molecule has 0 aromatic heterocycles. The van der Waals surface area contributed by atoms with Crippen LogP contribution in [0.15, 0.2) is 0 Å². The van der Waals surface area contributed by atoms with Crippen molar-refractivity contribution in [2.45, 2.75) is 33.3 Å². The third-order valence-corrected chi connectivity index (χ3v) is 2.67. The molecule has 3 heteroatoms. The van der Waals surface area contributed by atoms with Crippen molar-refractivity contribution in [3.05, 3.63) is 0 Å². The normalized spacial score (nSPS) is 25.8. The predicted molar refractivity (Wildman–Crippen MR) is 51.2 cm³/mol. The first-order chi connectivity index (χ1) is 6.00. The van der Waals surface area contributed by atoms with Gasteiger partial charge in [0.1, 0.15) is 0 Å². The van der Waals surface area contributed by atoms with Crippen molar-refractivity contribution in [1.29, 1.82) is 0 Å². The molecule has 0 aromatic rings. The molecular formula is C10H19NO2. The molecule has 0 radical (unpaired) electrons. The quantitative estimate of drug-likeness (QED) is 0.709. The zero-order chi connectivity index (χ0) is 10.0. The first-order valence-electron chi connectivity index (χ1n) is 4.96. The molecule has 0 aliphatic carbocycles. The molecule has 1 rings (SSSR count). The molecule has 1 aliphatic heterocycles. The Hall–Kier alpha value is -0.570. The molecule has 1 saturated heterocycles. The minimum Gasteiger partial charge on any atom is -0.392 e. The van der Waals surface area contributed by atoms with Gasteiger partial charge in [-0.25, -0.2) is 0 Å². The highest BCUT2D eigenvalue weighted by molar-refractivity contribution is 5.78. The Labute approximate surface area is 79.7 Å². The van der Waals surface area contributed by atoms with Crippen molar-refractivity contribution in [2.75, 3.05) is 13.1 Å². The second-order valence-corrected chi connectivity index (χ2v) is 4.36. The van der Waals surface area contributed by atoms with Crippen LogP contribution in [0.4, 0.5) is 0 Å². The van der Waals surface area contributed by atoms with E-state index in [1.54, 1.807) is 11.8 Å². The number of hydrogen-bond donors (Lipinski definition) is 1. The lowest BCUT2D eigenvalue weighted by atomic mass is 9.95. The van der Waals surface area contributed by atoms with Crippen LogP contribution in [-0.4, -0.2) is 35.1 Å². The molecule has 1 fully saturated rings. The van der Waals surface area contributed by atoms with Gasteiger partial charge in [0.05, 0.1) is 6.10 Å². The number of β-amino-alcohol motifs (C(OH)–C–C–N with tert-alkyl or cyclic N) is 1. The lowest BCUT2D eigenvalue weighted by molar-refractivity contribution is -0.128. The van der Waals surface area contributed by atoms with Gasteiger partial charge in [-0.05, 0) is 18.8 Å². The first kappa shape index (κ1) is 10.5. The van der Waals surface area contributed by atoms with E-state index in [1.807, 2.05) is 0 Å². The van der Waals surface area contributed by atoms with Crippen LogP contribution in [0.25, 0.3) is 0 Å². The van der Waals surface area contributed by atoms with E-state index < -0.39 is 6.10 Å². The topological polar surface area (TPSA) is 40.5 Å². The summed E-state index contributed by atoms with van der Waals surface area (Å²) in [7, 11) is 0. The standard InChI is InChI=1S/C10H19NO2/c1-7(2)9-4-10(13)11(6-9)5-8(3)12/h7-9,12H,4-6H2,1-3H3/t8-,9?/m1/s1. The summed E-state index contributed by atoms with van der Waals surface area (Å²) in [5.41, 5.74) is 0. The Morgan fingerprint density at radius 3 is 2.54 bits per heavy atom. The molecule has 0 spiro atoms. The highest BCUT2D eigenvalue weighted by Gasteiger charge is 2.31. The van der Waals surface area contributed by atoms with Gasteiger partial charge in [-0.3, -0.25) is 4.79 Å². The van der Waals surface area contributed by atoms with Crippen LogP contribution in [0.3, 0.4) is 0 Å². The average Bonchev–Trinajstić information content (AvgIpc) is 2.31. The number of aliphatic hydroxyl groups is 1. The summed E-state index contributed by atoms with van der Waals surface area (Å²) in [4.78, 5) is 13.2. The minimum absolute atomic E-state index is 0.194. The van der Waals surface area contributed by atoms with Crippen LogP contribution in [0.5, 0.6) is 0 Å². The average molecular weight is 185 g/mol. The molecule has 1 aliphatic rings. The summed E-state index contributed by atoms with van der Waals surface area (Å²) in [5.74, 6) is 1.23. The summed E-state index contributed by atoms with van der Waals surface area (Å²) in [6, 6.07) is 0. The van der Waals surface area contributed by atoms with Crippen molar-refractivity contribution in [3.63, 3.8) is 0 Å². The van der Waals surface area contributed by atoms with Crippen molar-refractivity contribution in [3.8, 4) is 0 Å². The first-order valence-corrected chi connectivity index (χ1v) is 4.96. The van der Waals surface area contributed by atoms with E-state index in [-0.39, 0.29) is 5.91 Å². The third kappa shape index (κ3) is 2.69. The second-order valence-electron chi connectivity index (χ2n) is 4.36.